The van der Waals surface area contributed by atoms with Gasteiger partial charge in [0.05, 0.1) is 11.5 Å². The van der Waals surface area contributed by atoms with Crippen LogP contribution in [0.25, 0.3) is 6.08 Å². The van der Waals surface area contributed by atoms with Crippen LogP contribution in [0.1, 0.15) is 12.0 Å². The maximum absolute atomic E-state index is 11.6. The summed E-state index contributed by atoms with van der Waals surface area (Å²) in [7, 11) is 4.04. The molecular formula is C15H18N2O3S. The number of carbonyl (C=O) groups excluding carboxylic acids is 2. The summed E-state index contributed by atoms with van der Waals surface area (Å²) in [6.07, 6.45) is 2.61. The summed E-state index contributed by atoms with van der Waals surface area (Å²) in [4.78, 5) is 25.2. The number of amides is 2. The average Bonchev–Trinajstić information content (AvgIpc) is 2.74. The number of hydrogen-bond acceptors (Lipinski definition) is 5. The van der Waals surface area contributed by atoms with Gasteiger partial charge >= 0.3 is 0 Å². The van der Waals surface area contributed by atoms with Gasteiger partial charge in [-0.1, -0.05) is 18.2 Å². The number of imide groups is 1. The van der Waals surface area contributed by atoms with Crippen LogP contribution < -0.4 is 10.1 Å². The van der Waals surface area contributed by atoms with E-state index in [1.54, 1.807) is 6.08 Å². The Morgan fingerprint density at radius 2 is 2.05 bits per heavy atom. The average molecular weight is 306 g/mol. The molecule has 1 N–H and O–H groups in total. The van der Waals surface area contributed by atoms with Gasteiger partial charge in [-0.25, -0.2) is 0 Å². The van der Waals surface area contributed by atoms with Crippen molar-refractivity contribution in [3.63, 3.8) is 0 Å². The molecule has 1 heterocycles. The van der Waals surface area contributed by atoms with Crippen LogP contribution in [0.2, 0.25) is 0 Å². The van der Waals surface area contributed by atoms with Crippen LogP contribution in [0.3, 0.4) is 0 Å². The Hall–Kier alpha value is -1.79. The van der Waals surface area contributed by atoms with Gasteiger partial charge in [0.15, 0.2) is 0 Å². The van der Waals surface area contributed by atoms with Crippen LogP contribution in [0.4, 0.5) is 4.79 Å². The van der Waals surface area contributed by atoms with Crippen LogP contribution >= 0.6 is 11.8 Å². The van der Waals surface area contributed by atoms with E-state index in [-0.39, 0.29) is 11.1 Å². The van der Waals surface area contributed by atoms with Crippen molar-refractivity contribution in [3.05, 3.63) is 34.7 Å². The first kappa shape index (κ1) is 15.6. The summed E-state index contributed by atoms with van der Waals surface area (Å²) in [6, 6.07) is 7.49. The lowest BCUT2D eigenvalue weighted by Gasteiger charge is -2.12. The molecule has 0 radical (unpaired) electrons. The fraction of sp³-hybridized carbons (Fsp3) is 0.333. The molecule has 1 fully saturated rings. The molecule has 0 unspecified atom stereocenters. The lowest BCUT2D eigenvalue weighted by Crippen LogP contribution is -2.17. The second kappa shape index (κ2) is 7.28. The summed E-state index contributed by atoms with van der Waals surface area (Å²) in [5, 5.41) is 1.90. The zero-order valence-corrected chi connectivity index (χ0v) is 12.9. The van der Waals surface area contributed by atoms with Gasteiger partial charge in [0, 0.05) is 12.1 Å². The minimum atomic E-state index is -0.354. The lowest BCUT2D eigenvalue weighted by molar-refractivity contribution is -0.115. The monoisotopic (exact) mass is 306 g/mol. The Morgan fingerprint density at radius 3 is 2.71 bits per heavy atom. The summed E-state index contributed by atoms with van der Waals surface area (Å²) < 4.78 is 5.76. The van der Waals surface area contributed by atoms with Crippen molar-refractivity contribution in [2.45, 2.75) is 6.42 Å². The third-order valence-electron chi connectivity index (χ3n) is 2.85. The van der Waals surface area contributed by atoms with Crippen LogP contribution in [-0.4, -0.2) is 43.3 Å². The van der Waals surface area contributed by atoms with Crippen molar-refractivity contribution in [2.24, 2.45) is 0 Å². The Kier molecular flexibility index (Phi) is 5.41. The number of ether oxygens (including phenoxy) is 1. The topological polar surface area (TPSA) is 58.6 Å². The third kappa shape index (κ3) is 4.61. The highest BCUT2D eigenvalue weighted by Crippen LogP contribution is 2.29. The Bertz CT molecular complexity index is 570. The van der Waals surface area contributed by atoms with Gasteiger partial charge in [-0.05, 0) is 44.4 Å². The molecule has 6 heteroatoms. The SMILES string of the molecule is CN(C)CCCOc1ccccc1/C=C1\SC(=O)NC1=O. The highest BCUT2D eigenvalue weighted by Gasteiger charge is 2.25. The molecule has 0 bridgehead atoms. The number of benzene rings is 1. The maximum atomic E-state index is 11.6. The molecule has 1 aromatic carbocycles. The molecule has 5 nitrogen and oxygen atoms in total. The molecule has 112 valence electrons. The van der Waals surface area contributed by atoms with Gasteiger partial charge in [-0.3, -0.25) is 14.9 Å². The van der Waals surface area contributed by atoms with E-state index >= 15 is 0 Å². The standard InChI is InChI=1S/C15H18N2O3S/c1-17(2)8-5-9-20-12-7-4-3-6-11(12)10-13-14(18)16-15(19)21-13/h3-4,6-7,10H,5,8-9H2,1-2H3,(H,16,18,19)/b13-10-. The normalized spacial score (nSPS) is 16.6. The molecular weight excluding hydrogens is 288 g/mol. The van der Waals surface area contributed by atoms with E-state index in [0.717, 1.165) is 36.0 Å². The van der Waals surface area contributed by atoms with Gasteiger partial charge in [-0.2, -0.15) is 0 Å². The van der Waals surface area contributed by atoms with E-state index in [1.165, 1.54) is 0 Å². The Morgan fingerprint density at radius 1 is 1.29 bits per heavy atom. The zero-order valence-electron chi connectivity index (χ0n) is 12.1. The number of carbonyl (C=O) groups is 2. The largest absolute Gasteiger partial charge is 0.493 e. The smallest absolute Gasteiger partial charge is 0.290 e. The van der Waals surface area contributed by atoms with Gasteiger partial charge < -0.3 is 9.64 Å². The molecule has 1 aliphatic rings. The van der Waals surface area contributed by atoms with E-state index in [9.17, 15) is 9.59 Å². The predicted octanol–water partition coefficient (Wildman–Crippen LogP) is 2.34. The first-order valence-electron chi connectivity index (χ1n) is 6.67. The fourth-order valence-electron chi connectivity index (χ4n) is 1.86. The number of nitrogens with one attached hydrogen (secondary N) is 1. The highest BCUT2D eigenvalue weighted by atomic mass is 32.2. The number of rotatable bonds is 6. The molecule has 0 atom stereocenters. The Balaban J connectivity index is 2.05. The van der Waals surface area contributed by atoms with E-state index in [1.807, 2.05) is 38.4 Å². The molecule has 2 amide bonds. The van der Waals surface area contributed by atoms with Crippen molar-refractivity contribution in [3.8, 4) is 5.75 Å². The molecule has 2 rings (SSSR count). The van der Waals surface area contributed by atoms with E-state index in [4.69, 9.17) is 4.74 Å². The molecule has 1 aromatic rings. The first-order chi connectivity index (χ1) is 10.1. The van der Waals surface area contributed by atoms with Crippen molar-refractivity contribution < 1.29 is 14.3 Å². The van der Waals surface area contributed by atoms with Crippen molar-refractivity contribution in [1.82, 2.24) is 10.2 Å². The quantitative estimate of drug-likeness (QED) is 0.646. The van der Waals surface area contributed by atoms with E-state index < -0.39 is 0 Å². The summed E-state index contributed by atoms with van der Waals surface area (Å²) in [5.41, 5.74) is 0.801. The molecule has 0 aliphatic carbocycles. The van der Waals surface area contributed by atoms with Crippen molar-refractivity contribution >= 4 is 29.0 Å². The van der Waals surface area contributed by atoms with Gasteiger partial charge in [0.1, 0.15) is 5.75 Å². The minimum Gasteiger partial charge on any atom is -0.493 e. The predicted molar refractivity (Wildman–Crippen MR) is 84.2 cm³/mol. The molecule has 0 spiro atoms. The van der Waals surface area contributed by atoms with Gasteiger partial charge in [0.2, 0.25) is 0 Å². The first-order valence-corrected chi connectivity index (χ1v) is 7.49. The molecule has 0 aromatic heterocycles. The van der Waals surface area contributed by atoms with Crippen LogP contribution in [0.15, 0.2) is 29.2 Å². The van der Waals surface area contributed by atoms with Crippen LogP contribution in [-0.2, 0) is 4.79 Å². The molecule has 21 heavy (non-hydrogen) atoms. The van der Waals surface area contributed by atoms with Gasteiger partial charge in [-0.15, -0.1) is 0 Å². The Labute approximate surface area is 128 Å². The maximum Gasteiger partial charge on any atom is 0.290 e. The zero-order chi connectivity index (χ0) is 15.2. The summed E-state index contributed by atoms with van der Waals surface area (Å²) in [5.74, 6) is 0.365. The van der Waals surface area contributed by atoms with Crippen LogP contribution in [0.5, 0.6) is 5.75 Å². The molecule has 1 saturated heterocycles. The minimum absolute atomic E-state index is 0.337. The number of nitrogens with zero attached hydrogens (tertiary/aromatic N) is 1. The molecule has 0 saturated carbocycles. The van der Waals surface area contributed by atoms with Crippen molar-refractivity contribution in [1.29, 1.82) is 0 Å². The third-order valence-corrected chi connectivity index (χ3v) is 3.67. The lowest BCUT2D eigenvalue weighted by atomic mass is 10.2. The van der Waals surface area contributed by atoms with Crippen molar-refractivity contribution in [2.75, 3.05) is 27.2 Å². The second-order valence-corrected chi connectivity index (χ2v) is 5.91. The second-order valence-electron chi connectivity index (χ2n) is 4.90. The van der Waals surface area contributed by atoms with E-state index in [0.29, 0.717) is 11.5 Å². The number of para-hydroxylation sites is 1. The van der Waals surface area contributed by atoms with Crippen LogP contribution in [0, 0.1) is 0 Å². The molecule has 1 aliphatic heterocycles. The number of thioether (sulfide) groups is 1. The highest BCUT2D eigenvalue weighted by molar-refractivity contribution is 8.18. The summed E-state index contributed by atoms with van der Waals surface area (Å²) in [6.45, 7) is 1.56. The van der Waals surface area contributed by atoms with E-state index in [2.05, 4.69) is 10.2 Å². The summed E-state index contributed by atoms with van der Waals surface area (Å²) >= 11 is 0.909. The fourth-order valence-corrected chi connectivity index (χ4v) is 2.53. The number of hydrogen-bond donors (Lipinski definition) is 1. The van der Waals surface area contributed by atoms with Gasteiger partial charge in [0.25, 0.3) is 11.1 Å².